The number of aromatic nitrogens is 2. The summed E-state index contributed by atoms with van der Waals surface area (Å²) < 4.78 is 15.0. The molecule has 1 aromatic heterocycles. The fourth-order valence-corrected chi connectivity index (χ4v) is 3.28. The minimum atomic E-state index is -0.370. The van der Waals surface area contributed by atoms with E-state index in [2.05, 4.69) is 32.6 Å². The van der Waals surface area contributed by atoms with E-state index in [1.54, 1.807) is 6.07 Å². The van der Waals surface area contributed by atoms with Crippen LogP contribution in [0.1, 0.15) is 30.3 Å². The molecule has 2 aromatic carbocycles. The summed E-state index contributed by atoms with van der Waals surface area (Å²) in [7, 11) is 0. The Kier molecular flexibility index (Phi) is 5.22. The summed E-state index contributed by atoms with van der Waals surface area (Å²) in [5, 5.41) is 0.292. The van der Waals surface area contributed by atoms with Crippen molar-refractivity contribution < 1.29 is 4.39 Å². The summed E-state index contributed by atoms with van der Waals surface area (Å²) in [5.74, 6) is 0.235. The van der Waals surface area contributed by atoms with Crippen molar-refractivity contribution in [2.75, 3.05) is 0 Å². The van der Waals surface area contributed by atoms with Crippen molar-refractivity contribution in [3.63, 3.8) is 0 Å². The van der Waals surface area contributed by atoms with Crippen molar-refractivity contribution in [1.82, 2.24) is 9.97 Å². The molecule has 3 nitrogen and oxygen atoms in total. The molecule has 0 bridgehead atoms. The Balaban J connectivity index is 1.94. The summed E-state index contributed by atoms with van der Waals surface area (Å²) in [5.41, 5.74) is 8.21. The molecule has 0 aliphatic carbocycles. The van der Waals surface area contributed by atoms with E-state index in [0.29, 0.717) is 22.2 Å². The molecule has 0 aliphatic heterocycles. The van der Waals surface area contributed by atoms with Crippen LogP contribution in [-0.2, 0) is 0 Å². The lowest BCUT2D eigenvalue weighted by molar-refractivity contribution is 0.571. The number of hydrogen-bond acceptors (Lipinski definition) is 2. The van der Waals surface area contributed by atoms with E-state index < -0.39 is 0 Å². The zero-order valence-corrected chi connectivity index (χ0v) is 15.8. The number of hydrogen-bond donors (Lipinski definition) is 2. The predicted molar refractivity (Wildman–Crippen MR) is 103 cm³/mol. The van der Waals surface area contributed by atoms with E-state index in [0.717, 1.165) is 9.13 Å². The number of nitrogens with one attached hydrogen (secondary N) is 1. The molecule has 24 heavy (non-hydrogen) atoms. The lowest BCUT2D eigenvalue weighted by Gasteiger charge is -2.18. The average Bonchev–Trinajstić information content (AvgIpc) is 2.96. The van der Waals surface area contributed by atoms with Gasteiger partial charge in [0.1, 0.15) is 22.5 Å². The fourth-order valence-electron chi connectivity index (χ4n) is 2.59. The van der Waals surface area contributed by atoms with Gasteiger partial charge in [-0.25, -0.2) is 9.37 Å². The molecule has 3 rings (SSSR count). The lowest BCUT2D eigenvalue weighted by Crippen LogP contribution is -2.19. The van der Waals surface area contributed by atoms with Gasteiger partial charge < -0.3 is 10.7 Å². The predicted octanol–water partition coefficient (Wildman–Crippen LogP) is 5.28. The Bertz CT molecular complexity index is 851. The van der Waals surface area contributed by atoms with Crippen molar-refractivity contribution in [1.29, 1.82) is 0 Å². The van der Waals surface area contributed by atoms with Crippen LogP contribution in [0.2, 0.25) is 5.15 Å². The minimum absolute atomic E-state index is 0.0443. The second-order valence-electron chi connectivity index (χ2n) is 5.63. The third-order valence-corrected chi connectivity index (χ3v) is 4.99. The van der Waals surface area contributed by atoms with Crippen molar-refractivity contribution in [3.8, 4) is 11.3 Å². The minimum Gasteiger partial charge on any atom is -0.331 e. The maximum absolute atomic E-state index is 14.2. The third kappa shape index (κ3) is 3.48. The van der Waals surface area contributed by atoms with Gasteiger partial charge in [0.25, 0.3) is 0 Å². The molecule has 6 heteroatoms. The molecular weight excluding hydrogens is 440 g/mol. The maximum atomic E-state index is 14.2. The normalized spacial score (nSPS) is 13.7. The van der Waals surface area contributed by atoms with Gasteiger partial charge >= 0.3 is 0 Å². The molecule has 124 valence electrons. The SMILES string of the molecule is C[C@@H](c1ccccc1)[C@H](N)c1nc(-c2ccc(I)cc2F)c(Cl)[nH]1. The molecule has 0 saturated carbocycles. The number of rotatable bonds is 4. The van der Waals surface area contributed by atoms with Crippen molar-refractivity contribution in [2.45, 2.75) is 18.9 Å². The Labute approximate surface area is 158 Å². The molecule has 2 atom stereocenters. The fraction of sp³-hybridized carbons (Fsp3) is 0.167. The van der Waals surface area contributed by atoms with Crippen LogP contribution < -0.4 is 5.73 Å². The van der Waals surface area contributed by atoms with Crippen LogP contribution in [0.15, 0.2) is 48.5 Å². The largest absolute Gasteiger partial charge is 0.331 e. The van der Waals surface area contributed by atoms with Gasteiger partial charge in [-0.15, -0.1) is 0 Å². The van der Waals surface area contributed by atoms with Gasteiger partial charge in [-0.05, 0) is 46.4 Å². The molecule has 0 radical (unpaired) electrons. The van der Waals surface area contributed by atoms with Crippen LogP contribution in [0.5, 0.6) is 0 Å². The first-order chi connectivity index (χ1) is 11.5. The summed E-state index contributed by atoms with van der Waals surface area (Å²) in [4.78, 5) is 7.46. The number of benzene rings is 2. The maximum Gasteiger partial charge on any atom is 0.134 e. The van der Waals surface area contributed by atoms with E-state index in [-0.39, 0.29) is 17.8 Å². The molecule has 0 fully saturated rings. The second kappa shape index (κ2) is 7.21. The van der Waals surface area contributed by atoms with Crippen LogP contribution in [0.25, 0.3) is 11.3 Å². The topological polar surface area (TPSA) is 54.7 Å². The zero-order valence-electron chi connectivity index (χ0n) is 12.9. The van der Waals surface area contributed by atoms with Crippen LogP contribution in [-0.4, -0.2) is 9.97 Å². The first kappa shape index (κ1) is 17.4. The highest BCUT2D eigenvalue weighted by atomic mass is 127. The number of H-pyrrole nitrogens is 1. The van der Waals surface area contributed by atoms with Gasteiger partial charge in [0.15, 0.2) is 0 Å². The summed E-state index contributed by atoms with van der Waals surface area (Å²) in [6, 6.07) is 14.5. The number of imidazole rings is 1. The average molecular weight is 456 g/mol. The standard InChI is InChI=1S/C18H16ClFIN3/c1-10(11-5-3-2-4-6-11)15(22)18-23-16(17(19)24-18)13-8-7-12(21)9-14(13)20/h2-10,15H,22H2,1H3,(H,23,24)/t10-,15-/m0/s1. The van der Waals surface area contributed by atoms with Gasteiger partial charge in [0, 0.05) is 15.1 Å². The third-order valence-electron chi connectivity index (χ3n) is 4.04. The zero-order chi connectivity index (χ0) is 17.3. The van der Waals surface area contributed by atoms with Gasteiger partial charge in [0.05, 0.1) is 6.04 Å². The monoisotopic (exact) mass is 455 g/mol. The number of aromatic amines is 1. The van der Waals surface area contributed by atoms with E-state index in [4.69, 9.17) is 17.3 Å². The van der Waals surface area contributed by atoms with E-state index >= 15 is 0 Å². The number of nitrogens with zero attached hydrogens (tertiary/aromatic N) is 1. The number of halogens is 3. The summed E-state index contributed by atoms with van der Waals surface area (Å²) in [6.07, 6.45) is 0. The van der Waals surface area contributed by atoms with E-state index in [1.165, 1.54) is 6.07 Å². The summed E-state index contributed by atoms with van der Waals surface area (Å²) in [6.45, 7) is 2.03. The smallest absolute Gasteiger partial charge is 0.134 e. The molecular formula is C18H16ClFIN3. The van der Waals surface area contributed by atoms with Crippen molar-refractivity contribution in [2.24, 2.45) is 5.73 Å². The van der Waals surface area contributed by atoms with Crippen molar-refractivity contribution in [3.05, 3.63) is 74.5 Å². The van der Waals surface area contributed by atoms with Crippen LogP contribution in [0.3, 0.4) is 0 Å². The van der Waals surface area contributed by atoms with Crippen LogP contribution in [0, 0.1) is 9.39 Å². The molecule has 3 aromatic rings. The van der Waals surface area contributed by atoms with Crippen LogP contribution in [0.4, 0.5) is 4.39 Å². The van der Waals surface area contributed by atoms with E-state index in [9.17, 15) is 4.39 Å². The highest BCUT2D eigenvalue weighted by molar-refractivity contribution is 14.1. The Morgan fingerprint density at radius 2 is 1.92 bits per heavy atom. The summed E-state index contributed by atoms with van der Waals surface area (Å²) >= 11 is 8.30. The first-order valence-electron chi connectivity index (χ1n) is 7.48. The van der Waals surface area contributed by atoms with Crippen LogP contribution >= 0.6 is 34.2 Å². The highest BCUT2D eigenvalue weighted by Gasteiger charge is 2.23. The second-order valence-corrected chi connectivity index (χ2v) is 7.26. The van der Waals surface area contributed by atoms with Crippen molar-refractivity contribution >= 4 is 34.2 Å². The number of nitrogens with two attached hydrogens (primary N) is 1. The lowest BCUT2D eigenvalue weighted by atomic mass is 9.93. The Hall–Kier alpha value is -1.44. The Morgan fingerprint density at radius 1 is 1.21 bits per heavy atom. The molecule has 0 spiro atoms. The van der Waals surface area contributed by atoms with Gasteiger partial charge in [0.2, 0.25) is 0 Å². The van der Waals surface area contributed by atoms with Gasteiger partial charge in [-0.3, -0.25) is 0 Å². The van der Waals surface area contributed by atoms with Gasteiger partial charge in [-0.1, -0.05) is 48.9 Å². The molecule has 0 amide bonds. The molecule has 0 unspecified atom stereocenters. The van der Waals surface area contributed by atoms with Gasteiger partial charge in [-0.2, -0.15) is 0 Å². The first-order valence-corrected chi connectivity index (χ1v) is 8.94. The molecule has 3 N–H and O–H groups in total. The molecule has 0 saturated heterocycles. The highest BCUT2D eigenvalue weighted by Crippen LogP contribution is 2.33. The quantitative estimate of drug-likeness (QED) is 0.526. The van der Waals surface area contributed by atoms with E-state index in [1.807, 2.05) is 43.3 Å². The molecule has 1 heterocycles. The Morgan fingerprint density at radius 3 is 2.58 bits per heavy atom. The molecule has 0 aliphatic rings.